The molecule has 218 valence electrons. The zero-order valence-corrected chi connectivity index (χ0v) is 26.3. The van der Waals surface area contributed by atoms with Crippen molar-refractivity contribution in [3.8, 4) is 11.5 Å². The quantitative estimate of drug-likeness (QED) is 0.168. The maximum atomic E-state index is 12.7. The van der Waals surface area contributed by atoms with E-state index in [4.69, 9.17) is 9.47 Å². The molecule has 6 nitrogen and oxygen atoms in total. The number of hydrogen-bond acceptors (Lipinski definition) is 6. The van der Waals surface area contributed by atoms with Crippen LogP contribution < -0.4 is 20.1 Å². The summed E-state index contributed by atoms with van der Waals surface area (Å²) in [6, 6.07) is 27.2. The van der Waals surface area contributed by atoms with E-state index >= 15 is 0 Å². The van der Waals surface area contributed by atoms with E-state index < -0.39 is 12.2 Å². The molecule has 0 aliphatic heterocycles. The fraction of sp³-hybridized carbons (Fsp3) is 0.235. The fourth-order valence-electron chi connectivity index (χ4n) is 4.12. The molecule has 4 rings (SSSR count). The summed E-state index contributed by atoms with van der Waals surface area (Å²) in [5.41, 5.74) is 5.72. The average Bonchev–Trinajstić information content (AvgIpc) is 2.96. The number of ether oxygens (including phenoxy) is 2. The second-order valence-electron chi connectivity index (χ2n) is 10.3. The average molecular weight is 601 g/mol. The zero-order valence-electron chi connectivity index (χ0n) is 24.7. The molecule has 0 saturated heterocycles. The molecule has 0 aliphatic rings. The monoisotopic (exact) mass is 600 g/mol. The van der Waals surface area contributed by atoms with Gasteiger partial charge in [-0.2, -0.15) is 0 Å². The van der Waals surface area contributed by atoms with Gasteiger partial charge in [0.2, 0.25) is 0 Å². The lowest BCUT2D eigenvalue weighted by Crippen LogP contribution is -2.30. The van der Waals surface area contributed by atoms with Crippen LogP contribution in [0.5, 0.6) is 11.5 Å². The van der Waals surface area contributed by atoms with Crippen molar-refractivity contribution in [3.05, 3.63) is 107 Å². The smallest absolute Gasteiger partial charge is 0.265 e. The van der Waals surface area contributed by atoms with Gasteiger partial charge in [-0.3, -0.25) is 9.59 Å². The highest BCUT2D eigenvalue weighted by Gasteiger charge is 2.17. The summed E-state index contributed by atoms with van der Waals surface area (Å²) in [5.74, 6) is 1.00. The molecule has 0 aliphatic carbocycles. The second kappa shape index (κ2) is 14.3. The van der Waals surface area contributed by atoms with Gasteiger partial charge in [0.1, 0.15) is 11.5 Å². The fourth-order valence-corrected chi connectivity index (χ4v) is 6.05. The van der Waals surface area contributed by atoms with Crippen LogP contribution in [0.1, 0.15) is 36.1 Å². The van der Waals surface area contributed by atoms with E-state index in [0.29, 0.717) is 22.9 Å². The van der Waals surface area contributed by atoms with Gasteiger partial charge >= 0.3 is 0 Å². The molecule has 2 atom stereocenters. The van der Waals surface area contributed by atoms with Crippen LogP contribution in [0.2, 0.25) is 0 Å². The van der Waals surface area contributed by atoms with E-state index in [1.807, 2.05) is 113 Å². The molecule has 0 saturated carbocycles. The van der Waals surface area contributed by atoms with Crippen molar-refractivity contribution < 1.29 is 19.1 Å². The van der Waals surface area contributed by atoms with Gasteiger partial charge < -0.3 is 20.1 Å². The SMILES string of the molecule is Cc1ccc(OC(C)C(=O)Nc2ccc(SSc3ccc(NC(=O)C(C)Oc4ccc(C)cc4C)cc3)cc2)c(C)c1. The predicted molar refractivity (Wildman–Crippen MR) is 174 cm³/mol. The zero-order chi connectivity index (χ0) is 30.2. The van der Waals surface area contributed by atoms with Crippen LogP contribution in [-0.2, 0) is 9.59 Å². The molecular weight excluding hydrogens is 565 g/mol. The molecule has 0 aromatic heterocycles. The third-order valence-electron chi connectivity index (χ3n) is 6.48. The molecule has 8 heteroatoms. The van der Waals surface area contributed by atoms with Gasteiger partial charge in [-0.15, -0.1) is 0 Å². The van der Waals surface area contributed by atoms with Gasteiger partial charge in [0.25, 0.3) is 11.8 Å². The first-order chi connectivity index (χ1) is 20.1. The summed E-state index contributed by atoms with van der Waals surface area (Å²) in [6.45, 7) is 11.5. The van der Waals surface area contributed by atoms with Gasteiger partial charge in [0.15, 0.2) is 12.2 Å². The van der Waals surface area contributed by atoms with Crippen molar-refractivity contribution in [2.75, 3.05) is 10.6 Å². The minimum Gasteiger partial charge on any atom is -0.481 e. The number of carbonyl (C=O) groups is 2. The molecule has 0 heterocycles. The second-order valence-corrected chi connectivity index (χ2v) is 12.5. The highest BCUT2D eigenvalue weighted by atomic mass is 33.1. The summed E-state index contributed by atoms with van der Waals surface area (Å²) in [4.78, 5) is 27.4. The number of rotatable bonds is 11. The molecule has 4 aromatic rings. The molecule has 2 unspecified atom stereocenters. The highest BCUT2D eigenvalue weighted by molar-refractivity contribution is 8.76. The molecular formula is C34H36N2O4S2. The van der Waals surface area contributed by atoms with E-state index in [9.17, 15) is 9.59 Å². The first-order valence-corrected chi connectivity index (χ1v) is 15.9. The summed E-state index contributed by atoms with van der Waals surface area (Å²) in [7, 11) is 3.22. The lowest BCUT2D eigenvalue weighted by atomic mass is 10.1. The summed E-state index contributed by atoms with van der Waals surface area (Å²) < 4.78 is 11.7. The minimum atomic E-state index is -0.628. The van der Waals surface area contributed by atoms with Crippen molar-refractivity contribution in [2.45, 2.75) is 63.5 Å². The number of amides is 2. The maximum absolute atomic E-state index is 12.7. The summed E-state index contributed by atoms with van der Waals surface area (Å²) >= 11 is 0. The number of aryl methyl sites for hydroxylation is 4. The third kappa shape index (κ3) is 8.81. The Morgan fingerprint density at radius 2 is 0.929 bits per heavy atom. The van der Waals surface area contributed by atoms with Gasteiger partial charge in [0, 0.05) is 21.2 Å². The Balaban J connectivity index is 1.23. The Kier molecular flexibility index (Phi) is 10.6. The Labute approximate surface area is 256 Å². The standard InChI is InChI=1S/C34H36N2O4S2/c1-21-7-17-31(23(3)19-21)39-25(5)33(37)35-27-9-13-29(14-10-27)41-42-30-15-11-28(12-16-30)36-34(38)26(6)40-32-18-8-22(2)20-24(32)4/h7-20,25-26H,1-6H3,(H,35,37)(H,36,38). The van der Waals surface area contributed by atoms with E-state index in [0.717, 1.165) is 32.0 Å². The molecule has 2 amide bonds. The van der Waals surface area contributed by atoms with E-state index in [-0.39, 0.29) is 11.8 Å². The Hall–Kier alpha value is -3.88. The number of nitrogens with one attached hydrogen (secondary N) is 2. The van der Waals surface area contributed by atoms with Crippen molar-refractivity contribution in [1.82, 2.24) is 0 Å². The largest absolute Gasteiger partial charge is 0.481 e. The first kappa shape index (κ1) is 31.1. The molecule has 42 heavy (non-hydrogen) atoms. The first-order valence-electron chi connectivity index (χ1n) is 13.7. The Bertz CT molecular complexity index is 1420. The molecule has 0 bridgehead atoms. The number of anilines is 2. The van der Waals surface area contributed by atoms with Crippen LogP contribution >= 0.6 is 21.6 Å². The molecule has 0 spiro atoms. The Morgan fingerprint density at radius 3 is 1.26 bits per heavy atom. The van der Waals surface area contributed by atoms with E-state index in [1.54, 1.807) is 35.4 Å². The van der Waals surface area contributed by atoms with Crippen LogP contribution in [0, 0.1) is 27.7 Å². The van der Waals surface area contributed by atoms with E-state index in [1.165, 1.54) is 0 Å². The topological polar surface area (TPSA) is 76.7 Å². The van der Waals surface area contributed by atoms with Crippen molar-refractivity contribution in [2.24, 2.45) is 0 Å². The lowest BCUT2D eigenvalue weighted by molar-refractivity contribution is -0.122. The lowest BCUT2D eigenvalue weighted by Gasteiger charge is -2.17. The van der Waals surface area contributed by atoms with Crippen LogP contribution in [-0.4, -0.2) is 24.0 Å². The van der Waals surface area contributed by atoms with Crippen LogP contribution in [0.3, 0.4) is 0 Å². The van der Waals surface area contributed by atoms with Crippen LogP contribution in [0.15, 0.2) is 94.7 Å². The normalized spacial score (nSPS) is 12.2. The number of hydrogen-bond donors (Lipinski definition) is 2. The maximum Gasteiger partial charge on any atom is 0.265 e. The summed E-state index contributed by atoms with van der Waals surface area (Å²) in [6.07, 6.45) is -1.26. The van der Waals surface area contributed by atoms with E-state index in [2.05, 4.69) is 10.6 Å². The number of benzene rings is 4. The van der Waals surface area contributed by atoms with Gasteiger partial charge in [-0.05, 0) is 113 Å². The highest BCUT2D eigenvalue weighted by Crippen LogP contribution is 2.38. The minimum absolute atomic E-state index is 0.205. The van der Waals surface area contributed by atoms with Crippen molar-refractivity contribution >= 4 is 44.8 Å². The molecule has 4 aromatic carbocycles. The van der Waals surface area contributed by atoms with Crippen LogP contribution in [0.4, 0.5) is 11.4 Å². The molecule has 2 N–H and O–H groups in total. The summed E-state index contributed by atoms with van der Waals surface area (Å²) in [5, 5.41) is 5.84. The number of carbonyl (C=O) groups excluding carboxylic acids is 2. The molecule has 0 fully saturated rings. The Morgan fingerprint density at radius 1 is 0.571 bits per heavy atom. The van der Waals surface area contributed by atoms with Crippen molar-refractivity contribution in [3.63, 3.8) is 0 Å². The van der Waals surface area contributed by atoms with Gasteiger partial charge in [0.05, 0.1) is 0 Å². The van der Waals surface area contributed by atoms with Crippen molar-refractivity contribution in [1.29, 1.82) is 0 Å². The van der Waals surface area contributed by atoms with Crippen LogP contribution in [0.25, 0.3) is 0 Å². The van der Waals surface area contributed by atoms with Gasteiger partial charge in [-0.1, -0.05) is 57.0 Å². The van der Waals surface area contributed by atoms with Gasteiger partial charge in [-0.25, -0.2) is 0 Å². The third-order valence-corrected chi connectivity index (χ3v) is 8.90. The predicted octanol–water partition coefficient (Wildman–Crippen LogP) is 8.53. The molecule has 0 radical (unpaired) electrons.